The Labute approximate surface area is 194 Å². The Morgan fingerprint density at radius 1 is 0.500 bits per heavy atom. The summed E-state index contributed by atoms with van der Waals surface area (Å²) >= 11 is 0. The van der Waals surface area contributed by atoms with Gasteiger partial charge < -0.3 is 74.7 Å². The van der Waals surface area contributed by atoms with Crippen LogP contribution in [0, 0.1) is 0 Å². The summed E-state index contributed by atoms with van der Waals surface area (Å²) in [6.45, 7) is -0.718. The van der Waals surface area contributed by atoms with Crippen LogP contribution in [0.15, 0.2) is 0 Å². The van der Waals surface area contributed by atoms with Gasteiger partial charge in [0, 0.05) is 0 Å². The first-order valence-corrected chi connectivity index (χ1v) is 10.9. The van der Waals surface area contributed by atoms with Crippen molar-refractivity contribution in [2.75, 3.05) is 19.8 Å². The Bertz CT molecular complexity index is 639. The quantitative estimate of drug-likeness (QED) is 0.155. The molecule has 0 amide bonds. The zero-order valence-electron chi connectivity index (χ0n) is 18.3. The van der Waals surface area contributed by atoms with E-state index in [1.165, 1.54) is 6.92 Å². The maximum absolute atomic E-state index is 10.6. The molecule has 3 aliphatic heterocycles. The van der Waals surface area contributed by atoms with Gasteiger partial charge in [-0.25, -0.2) is 0 Å². The van der Waals surface area contributed by atoms with Gasteiger partial charge in [-0.1, -0.05) is 0 Å². The van der Waals surface area contributed by atoms with Gasteiger partial charge in [-0.3, -0.25) is 0 Å². The van der Waals surface area contributed by atoms with E-state index < -0.39 is 112 Å². The third-order valence-electron chi connectivity index (χ3n) is 6.36. The molecule has 0 radical (unpaired) electrons. The summed E-state index contributed by atoms with van der Waals surface area (Å²) in [7, 11) is 0. The van der Waals surface area contributed by atoms with Gasteiger partial charge in [0.1, 0.15) is 73.2 Å². The van der Waals surface area contributed by atoms with Gasteiger partial charge in [0.2, 0.25) is 0 Å². The lowest BCUT2D eigenvalue weighted by Gasteiger charge is -2.48. The molecule has 0 aromatic heterocycles. The van der Waals surface area contributed by atoms with Crippen LogP contribution in [-0.4, -0.2) is 163 Å². The fraction of sp³-hybridized carbons (Fsp3) is 1.00. The largest absolute Gasteiger partial charge is 0.394 e. The Morgan fingerprint density at radius 2 is 1.00 bits per heavy atom. The number of ether oxygens (including phenoxy) is 5. The van der Waals surface area contributed by atoms with Gasteiger partial charge in [-0.05, 0) is 6.92 Å². The summed E-state index contributed by atoms with van der Waals surface area (Å²) in [5, 5.41) is 100. The summed E-state index contributed by atoms with van der Waals surface area (Å²) < 4.78 is 27.4. The molecule has 0 aromatic rings. The van der Waals surface area contributed by atoms with Crippen LogP contribution in [0.2, 0.25) is 0 Å². The minimum Gasteiger partial charge on any atom is -0.394 e. The van der Waals surface area contributed by atoms with E-state index in [1.807, 2.05) is 0 Å². The second kappa shape index (κ2) is 11.6. The number of rotatable bonds is 7. The van der Waals surface area contributed by atoms with Crippen LogP contribution in [0.5, 0.6) is 0 Å². The smallest absolute Gasteiger partial charge is 0.187 e. The first kappa shape index (κ1) is 28.0. The van der Waals surface area contributed by atoms with Crippen molar-refractivity contribution in [3.8, 4) is 0 Å². The number of hydrogen-bond donors (Lipinski definition) is 10. The fourth-order valence-corrected chi connectivity index (χ4v) is 4.23. The summed E-state index contributed by atoms with van der Waals surface area (Å²) in [6, 6.07) is 0. The second-order valence-electron chi connectivity index (χ2n) is 8.65. The van der Waals surface area contributed by atoms with Gasteiger partial charge >= 0.3 is 0 Å². The molecule has 34 heavy (non-hydrogen) atoms. The average Bonchev–Trinajstić information content (AvgIpc) is 2.83. The van der Waals surface area contributed by atoms with E-state index in [-0.39, 0.29) is 0 Å². The lowest BCUT2D eigenvalue weighted by atomic mass is 9.94. The first-order valence-electron chi connectivity index (χ1n) is 10.9. The van der Waals surface area contributed by atoms with E-state index in [4.69, 9.17) is 23.7 Å². The molecule has 0 bridgehead atoms. The molecule has 200 valence electrons. The van der Waals surface area contributed by atoms with E-state index >= 15 is 0 Å². The maximum Gasteiger partial charge on any atom is 0.187 e. The lowest BCUT2D eigenvalue weighted by Crippen LogP contribution is -2.66. The Kier molecular flexibility index (Phi) is 9.57. The predicted octanol–water partition coefficient (Wildman–Crippen LogP) is -6.50. The molecule has 3 heterocycles. The van der Waals surface area contributed by atoms with Crippen LogP contribution in [0.4, 0.5) is 0 Å². The van der Waals surface area contributed by atoms with Crippen LogP contribution >= 0.6 is 0 Å². The van der Waals surface area contributed by atoms with Crippen molar-refractivity contribution >= 4 is 0 Å². The molecule has 3 saturated heterocycles. The minimum atomic E-state index is -1.80. The number of aliphatic hydroxyl groups is 10. The molecular formula is C19H34O15. The molecule has 15 atom stereocenters. The van der Waals surface area contributed by atoms with Gasteiger partial charge in [0.25, 0.3) is 0 Å². The summed E-state index contributed by atoms with van der Waals surface area (Å²) in [6.07, 6.45) is -22.9. The van der Waals surface area contributed by atoms with Crippen molar-refractivity contribution in [3.05, 3.63) is 0 Å². The minimum absolute atomic E-state index is 0.659. The van der Waals surface area contributed by atoms with E-state index in [1.54, 1.807) is 0 Å². The predicted molar refractivity (Wildman–Crippen MR) is 105 cm³/mol. The standard InChI is InChI=1S/C19H34O15/c1-5-9(23)12(26)15(29)18(30-5)34-17-14(28)11(25)7(3-21)32-19(17)33-16-8(4-22)31-6(2-20)10(24)13(16)27/h5-29H,2-4H2,1H3. The van der Waals surface area contributed by atoms with Crippen molar-refractivity contribution in [1.82, 2.24) is 0 Å². The SMILES string of the molecule is CC1OC(OC2C(OC3C(CO)OC(CO)C(O)C3O)OC(CO)C(O)C2O)C(O)C(O)C1O. The highest BCUT2D eigenvalue weighted by atomic mass is 16.8. The van der Waals surface area contributed by atoms with Crippen molar-refractivity contribution in [2.45, 2.75) is 98.9 Å². The number of aliphatic hydroxyl groups excluding tert-OH is 10. The molecule has 3 aliphatic rings. The highest BCUT2D eigenvalue weighted by molar-refractivity contribution is 4.97. The zero-order valence-corrected chi connectivity index (χ0v) is 18.3. The molecule has 15 heteroatoms. The molecule has 3 fully saturated rings. The van der Waals surface area contributed by atoms with Crippen molar-refractivity contribution in [1.29, 1.82) is 0 Å². The van der Waals surface area contributed by atoms with Crippen molar-refractivity contribution in [3.63, 3.8) is 0 Å². The Hall–Kier alpha value is -0.600. The molecule has 15 nitrogen and oxygen atoms in total. The second-order valence-corrected chi connectivity index (χ2v) is 8.65. The van der Waals surface area contributed by atoms with Crippen LogP contribution in [0.1, 0.15) is 6.92 Å². The Balaban J connectivity index is 1.83. The summed E-state index contributed by atoms with van der Waals surface area (Å²) in [4.78, 5) is 0. The van der Waals surface area contributed by atoms with Crippen LogP contribution in [0.3, 0.4) is 0 Å². The average molecular weight is 502 g/mol. The fourth-order valence-electron chi connectivity index (χ4n) is 4.23. The van der Waals surface area contributed by atoms with Gasteiger partial charge in [-0.2, -0.15) is 0 Å². The number of hydrogen-bond acceptors (Lipinski definition) is 15. The van der Waals surface area contributed by atoms with Crippen LogP contribution in [-0.2, 0) is 23.7 Å². The van der Waals surface area contributed by atoms with E-state index in [2.05, 4.69) is 0 Å². The van der Waals surface area contributed by atoms with Gasteiger partial charge in [0.05, 0.1) is 25.9 Å². The highest BCUT2D eigenvalue weighted by Gasteiger charge is 2.53. The van der Waals surface area contributed by atoms with Crippen LogP contribution in [0.25, 0.3) is 0 Å². The van der Waals surface area contributed by atoms with E-state index in [0.29, 0.717) is 0 Å². The van der Waals surface area contributed by atoms with Crippen molar-refractivity contribution in [2.24, 2.45) is 0 Å². The molecule has 0 saturated carbocycles. The molecule has 3 rings (SSSR count). The zero-order chi connectivity index (χ0) is 25.3. The molecular weight excluding hydrogens is 468 g/mol. The molecule has 15 unspecified atom stereocenters. The highest BCUT2D eigenvalue weighted by Crippen LogP contribution is 2.32. The van der Waals surface area contributed by atoms with E-state index in [0.717, 1.165) is 0 Å². The first-order chi connectivity index (χ1) is 16.0. The van der Waals surface area contributed by atoms with Gasteiger partial charge in [0.15, 0.2) is 12.6 Å². The monoisotopic (exact) mass is 502 g/mol. The third kappa shape index (κ3) is 5.39. The van der Waals surface area contributed by atoms with Gasteiger partial charge in [-0.15, -0.1) is 0 Å². The lowest BCUT2D eigenvalue weighted by molar-refractivity contribution is -0.381. The third-order valence-corrected chi connectivity index (χ3v) is 6.36. The molecule has 0 spiro atoms. The van der Waals surface area contributed by atoms with Crippen LogP contribution < -0.4 is 0 Å². The summed E-state index contributed by atoms with van der Waals surface area (Å²) in [5.74, 6) is 0. The molecule has 0 aliphatic carbocycles. The normalized spacial score (nSPS) is 52.5. The topological polar surface area (TPSA) is 248 Å². The molecule has 10 N–H and O–H groups in total. The summed E-state index contributed by atoms with van der Waals surface area (Å²) in [5.41, 5.74) is 0. The molecule has 0 aromatic carbocycles. The van der Waals surface area contributed by atoms with Crippen molar-refractivity contribution < 1.29 is 74.7 Å². The Morgan fingerprint density at radius 3 is 1.56 bits per heavy atom. The maximum atomic E-state index is 10.6. The van der Waals surface area contributed by atoms with E-state index in [9.17, 15) is 51.1 Å².